The van der Waals surface area contributed by atoms with Gasteiger partial charge in [0.2, 0.25) is 0 Å². The molecule has 0 spiro atoms. The molecule has 1 aliphatic rings. The maximum absolute atomic E-state index is 13.2. The van der Waals surface area contributed by atoms with Crippen LogP contribution in [0.15, 0.2) is 48.5 Å². The Morgan fingerprint density at radius 2 is 1.85 bits per heavy atom. The van der Waals surface area contributed by atoms with Crippen molar-refractivity contribution < 1.29 is 17.9 Å². The molecule has 1 heterocycles. The fourth-order valence-corrected chi connectivity index (χ4v) is 4.98. The number of benzene rings is 2. The van der Waals surface area contributed by atoms with Gasteiger partial charge in [-0.15, -0.1) is 0 Å². The minimum absolute atomic E-state index is 0.0136. The van der Waals surface area contributed by atoms with Crippen LogP contribution < -0.4 is 4.74 Å². The number of amides is 1. The van der Waals surface area contributed by atoms with Crippen molar-refractivity contribution in [1.29, 1.82) is 0 Å². The van der Waals surface area contributed by atoms with Crippen LogP contribution in [0.5, 0.6) is 5.75 Å². The summed E-state index contributed by atoms with van der Waals surface area (Å²) in [6, 6.07) is 14.7. The second-order valence-electron chi connectivity index (χ2n) is 6.68. The van der Waals surface area contributed by atoms with E-state index in [1.54, 1.807) is 29.2 Å². The van der Waals surface area contributed by atoms with Gasteiger partial charge in [-0.3, -0.25) is 4.79 Å². The second-order valence-corrected chi connectivity index (χ2v) is 8.90. The summed E-state index contributed by atoms with van der Waals surface area (Å²) in [4.78, 5) is 14.9. The molecular formula is C20H23NO4S. The lowest BCUT2D eigenvalue weighted by atomic mass is 10.1. The van der Waals surface area contributed by atoms with Gasteiger partial charge in [-0.1, -0.05) is 42.0 Å². The van der Waals surface area contributed by atoms with Crippen molar-refractivity contribution in [3.05, 3.63) is 65.2 Å². The predicted molar refractivity (Wildman–Crippen MR) is 101 cm³/mol. The first-order chi connectivity index (χ1) is 12.4. The van der Waals surface area contributed by atoms with Crippen LogP contribution in [0.4, 0.5) is 0 Å². The Kier molecular flexibility index (Phi) is 5.32. The number of sulfone groups is 1. The number of ether oxygens (including phenoxy) is 1. The number of nitrogens with zero attached hydrogens (tertiary/aromatic N) is 1. The number of para-hydroxylation sites is 1. The van der Waals surface area contributed by atoms with Crippen LogP contribution in [0, 0.1) is 6.92 Å². The molecule has 5 nitrogen and oxygen atoms in total. The maximum Gasteiger partial charge on any atom is 0.258 e. The molecule has 26 heavy (non-hydrogen) atoms. The third-order valence-electron chi connectivity index (χ3n) is 4.72. The molecule has 1 saturated heterocycles. The summed E-state index contributed by atoms with van der Waals surface area (Å²) in [7, 11) is -1.57. The van der Waals surface area contributed by atoms with E-state index in [0.717, 1.165) is 11.1 Å². The molecular weight excluding hydrogens is 350 g/mol. The lowest BCUT2D eigenvalue weighted by molar-refractivity contribution is 0.0677. The lowest BCUT2D eigenvalue weighted by Crippen LogP contribution is -2.40. The molecule has 6 heteroatoms. The van der Waals surface area contributed by atoms with Gasteiger partial charge >= 0.3 is 0 Å². The molecule has 0 bridgehead atoms. The number of hydrogen-bond acceptors (Lipinski definition) is 4. The molecule has 3 rings (SSSR count). The largest absolute Gasteiger partial charge is 0.496 e. The monoisotopic (exact) mass is 373 g/mol. The summed E-state index contributed by atoms with van der Waals surface area (Å²) in [6.45, 7) is 2.38. The SMILES string of the molecule is COc1ccccc1C(=O)N(Cc1ccc(C)cc1)[C@@H]1CCS(=O)(=O)C1. The Labute approximate surface area is 154 Å². The van der Waals surface area contributed by atoms with E-state index in [4.69, 9.17) is 4.74 Å². The number of methoxy groups -OCH3 is 1. The van der Waals surface area contributed by atoms with Crippen LogP contribution in [0.3, 0.4) is 0 Å². The van der Waals surface area contributed by atoms with Gasteiger partial charge in [-0.25, -0.2) is 8.42 Å². The van der Waals surface area contributed by atoms with Crippen molar-refractivity contribution in [1.82, 2.24) is 4.90 Å². The third kappa shape index (κ3) is 4.07. The molecule has 2 aromatic rings. The Balaban J connectivity index is 1.94. The van der Waals surface area contributed by atoms with Gasteiger partial charge in [0.25, 0.3) is 5.91 Å². The van der Waals surface area contributed by atoms with Crippen molar-refractivity contribution in [3.8, 4) is 5.75 Å². The van der Waals surface area contributed by atoms with Crippen molar-refractivity contribution in [2.75, 3.05) is 18.6 Å². The zero-order valence-electron chi connectivity index (χ0n) is 15.0. The molecule has 0 radical (unpaired) electrons. The van der Waals surface area contributed by atoms with E-state index in [-0.39, 0.29) is 23.5 Å². The van der Waals surface area contributed by atoms with Gasteiger partial charge in [0.15, 0.2) is 9.84 Å². The fraction of sp³-hybridized carbons (Fsp3) is 0.350. The van der Waals surface area contributed by atoms with Gasteiger partial charge in [-0.2, -0.15) is 0 Å². The highest BCUT2D eigenvalue weighted by molar-refractivity contribution is 7.91. The summed E-state index contributed by atoms with van der Waals surface area (Å²) in [5.74, 6) is 0.429. The van der Waals surface area contributed by atoms with Crippen LogP contribution in [-0.2, 0) is 16.4 Å². The van der Waals surface area contributed by atoms with Gasteiger partial charge in [-0.05, 0) is 31.0 Å². The zero-order chi connectivity index (χ0) is 18.7. The highest BCUT2D eigenvalue weighted by atomic mass is 32.2. The van der Waals surface area contributed by atoms with E-state index in [0.29, 0.717) is 24.3 Å². The zero-order valence-corrected chi connectivity index (χ0v) is 15.8. The molecule has 1 amide bonds. The molecule has 1 aliphatic heterocycles. The number of carbonyl (C=O) groups is 1. The van der Waals surface area contributed by atoms with Crippen molar-refractivity contribution in [3.63, 3.8) is 0 Å². The summed E-state index contributed by atoms with van der Waals surface area (Å²) >= 11 is 0. The first-order valence-electron chi connectivity index (χ1n) is 8.59. The molecule has 0 aromatic heterocycles. The Bertz CT molecular complexity index is 890. The molecule has 1 fully saturated rings. The summed E-state index contributed by atoms with van der Waals surface area (Å²) in [5.41, 5.74) is 2.56. The Hall–Kier alpha value is -2.34. The third-order valence-corrected chi connectivity index (χ3v) is 6.47. The average Bonchev–Trinajstić information content (AvgIpc) is 3.00. The van der Waals surface area contributed by atoms with Gasteiger partial charge in [0.05, 0.1) is 24.2 Å². The van der Waals surface area contributed by atoms with Crippen LogP contribution in [0.1, 0.15) is 27.9 Å². The van der Waals surface area contributed by atoms with Gasteiger partial charge in [0, 0.05) is 12.6 Å². The minimum Gasteiger partial charge on any atom is -0.496 e. The van der Waals surface area contributed by atoms with Crippen molar-refractivity contribution in [2.45, 2.75) is 25.9 Å². The van der Waals surface area contributed by atoms with E-state index >= 15 is 0 Å². The molecule has 2 aromatic carbocycles. The molecule has 0 unspecified atom stereocenters. The Morgan fingerprint density at radius 3 is 2.46 bits per heavy atom. The first-order valence-corrected chi connectivity index (χ1v) is 10.4. The molecule has 138 valence electrons. The fourth-order valence-electron chi connectivity index (χ4n) is 3.25. The van der Waals surface area contributed by atoms with E-state index in [2.05, 4.69) is 0 Å². The highest BCUT2D eigenvalue weighted by Crippen LogP contribution is 2.26. The quantitative estimate of drug-likeness (QED) is 0.808. The summed E-state index contributed by atoms with van der Waals surface area (Å²) in [6.07, 6.45) is 0.467. The summed E-state index contributed by atoms with van der Waals surface area (Å²) < 4.78 is 29.2. The van der Waals surface area contributed by atoms with E-state index in [1.807, 2.05) is 31.2 Å². The normalized spacial score (nSPS) is 18.5. The van der Waals surface area contributed by atoms with E-state index in [1.165, 1.54) is 7.11 Å². The van der Waals surface area contributed by atoms with Crippen LogP contribution in [-0.4, -0.2) is 43.9 Å². The highest BCUT2D eigenvalue weighted by Gasteiger charge is 2.35. The van der Waals surface area contributed by atoms with E-state index < -0.39 is 9.84 Å². The van der Waals surface area contributed by atoms with Crippen LogP contribution in [0.2, 0.25) is 0 Å². The molecule has 0 N–H and O–H groups in total. The number of hydrogen-bond donors (Lipinski definition) is 0. The second kappa shape index (κ2) is 7.50. The van der Waals surface area contributed by atoms with Gasteiger partial charge in [0.1, 0.15) is 5.75 Å². The molecule has 0 aliphatic carbocycles. The predicted octanol–water partition coefficient (Wildman–Crippen LogP) is 2.83. The minimum atomic E-state index is -3.10. The van der Waals surface area contributed by atoms with Crippen LogP contribution in [0.25, 0.3) is 0 Å². The standard InChI is InChI=1S/C20H23NO4S/c1-15-7-9-16(10-8-15)13-21(17-11-12-26(23,24)14-17)20(22)18-5-3-4-6-19(18)25-2/h3-10,17H,11-14H2,1-2H3/t17-/m1/s1. The smallest absolute Gasteiger partial charge is 0.258 e. The topological polar surface area (TPSA) is 63.7 Å². The first kappa shape index (κ1) is 18.5. The number of carbonyl (C=O) groups excluding carboxylic acids is 1. The number of aryl methyl sites for hydroxylation is 1. The van der Waals surface area contributed by atoms with Gasteiger partial charge < -0.3 is 9.64 Å². The van der Waals surface area contributed by atoms with Crippen LogP contribution >= 0.6 is 0 Å². The summed E-state index contributed by atoms with van der Waals surface area (Å²) in [5, 5.41) is 0. The molecule has 1 atom stereocenters. The Morgan fingerprint density at radius 1 is 1.15 bits per heavy atom. The maximum atomic E-state index is 13.2. The number of rotatable bonds is 5. The lowest BCUT2D eigenvalue weighted by Gasteiger charge is -2.29. The van der Waals surface area contributed by atoms with Crippen molar-refractivity contribution in [2.24, 2.45) is 0 Å². The van der Waals surface area contributed by atoms with E-state index in [9.17, 15) is 13.2 Å². The average molecular weight is 373 g/mol. The van der Waals surface area contributed by atoms with Crippen molar-refractivity contribution >= 4 is 15.7 Å². The molecule has 0 saturated carbocycles.